The third-order valence-corrected chi connectivity index (χ3v) is 6.63. The minimum absolute atomic E-state index is 0.136. The van der Waals surface area contributed by atoms with Gasteiger partial charge in [0.2, 0.25) is 5.13 Å². The van der Waals surface area contributed by atoms with Crippen LogP contribution in [-0.2, 0) is 4.74 Å². The molecule has 2 aromatic carbocycles. The van der Waals surface area contributed by atoms with Gasteiger partial charge in [0.05, 0.1) is 35.9 Å². The molecule has 1 fully saturated rings. The van der Waals surface area contributed by atoms with Gasteiger partial charge in [0.15, 0.2) is 5.69 Å². The maximum atomic E-state index is 13.1. The van der Waals surface area contributed by atoms with Crippen molar-refractivity contribution in [3.8, 4) is 16.4 Å². The number of aryl methyl sites for hydroxylation is 1. The monoisotopic (exact) mass is 508 g/mol. The van der Waals surface area contributed by atoms with Crippen molar-refractivity contribution >= 4 is 40.2 Å². The molecule has 0 spiro atoms. The molecule has 1 N–H and O–H groups in total. The van der Waals surface area contributed by atoms with Gasteiger partial charge in [0, 0.05) is 29.1 Å². The van der Waals surface area contributed by atoms with E-state index in [1.54, 1.807) is 48.2 Å². The van der Waals surface area contributed by atoms with E-state index in [-0.39, 0.29) is 17.2 Å². The van der Waals surface area contributed by atoms with Crippen LogP contribution < -0.4 is 5.56 Å². The second-order valence-corrected chi connectivity index (χ2v) is 9.14. The largest absolute Gasteiger partial charge is 0.378 e. The van der Waals surface area contributed by atoms with E-state index >= 15 is 0 Å². The SMILES string of the molecule is Cc1[nH]n(-c2nc(-c3ccc(Cl)cc3)cs2)c(=O)c1N=Nc1ccccc1C(=O)N1CCOCC1. The highest BCUT2D eigenvalue weighted by Crippen LogP contribution is 2.27. The van der Waals surface area contributed by atoms with Crippen LogP contribution in [0.2, 0.25) is 5.02 Å². The lowest BCUT2D eigenvalue weighted by Crippen LogP contribution is -2.40. The van der Waals surface area contributed by atoms with Gasteiger partial charge in [-0.2, -0.15) is 4.68 Å². The number of amides is 1. The zero-order valence-electron chi connectivity index (χ0n) is 18.8. The Hall–Kier alpha value is -3.60. The molecule has 2 aromatic heterocycles. The fourth-order valence-corrected chi connectivity index (χ4v) is 4.61. The normalized spacial score (nSPS) is 14.1. The quantitative estimate of drug-likeness (QED) is 0.377. The second-order valence-electron chi connectivity index (χ2n) is 7.87. The lowest BCUT2D eigenvalue weighted by atomic mass is 10.1. The highest BCUT2D eigenvalue weighted by Gasteiger charge is 2.21. The molecule has 1 aliphatic heterocycles. The van der Waals surface area contributed by atoms with Crippen molar-refractivity contribution in [2.24, 2.45) is 10.2 Å². The summed E-state index contributed by atoms with van der Waals surface area (Å²) >= 11 is 7.30. The highest BCUT2D eigenvalue weighted by molar-refractivity contribution is 7.12. The summed E-state index contributed by atoms with van der Waals surface area (Å²) in [5.74, 6) is -0.136. The number of morpholine rings is 1. The van der Waals surface area contributed by atoms with Gasteiger partial charge in [-0.05, 0) is 31.2 Å². The van der Waals surface area contributed by atoms with E-state index in [1.807, 2.05) is 17.5 Å². The van der Waals surface area contributed by atoms with Gasteiger partial charge < -0.3 is 9.64 Å². The molecular weight excluding hydrogens is 488 g/mol. The average Bonchev–Trinajstić information content (AvgIpc) is 3.48. The first-order valence-corrected chi connectivity index (χ1v) is 12.2. The van der Waals surface area contributed by atoms with Gasteiger partial charge in [-0.15, -0.1) is 21.6 Å². The average molecular weight is 509 g/mol. The van der Waals surface area contributed by atoms with Crippen molar-refractivity contribution in [1.82, 2.24) is 19.7 Å². The molecule has 9 nitrogen and oxygen atoms in total. The van der Waals surface area contributed by atoms with E-state index in [4.69, 9.17) is 16.3 Å². The first-order chi connectivity index (χ1) is 17.0. The predicted octanol–water partition coefficient (Wildman–Crippen LogP) is 5.14. The van der Waals surface area contributed by atoms with E-state index < -0.39 is 0 Å². The Morgan fingerprint density at radius 1 is 1.11 bits per heavy atom. The molecule has 0 atom stereocenters. The number of hydrogen-bond acceptors (Lipinski definition) is 7. The molecule has 178 valence electrons. The molecule has 0 radical (unpaired) electrons. The number of hydrogen-bond donors (Lipinski definition) is 1. The van der Waals surface area contributed by atoms with Crippen molar-refractivity contribution in [1.29, 1.82) is 0 Å². The third-order valence-electron chi connectivity index (χ3n) is 5.55. The Morgan fingerprint density at radius 2 is 1.86 bits per heavy atom. The summed E-state index contributed by atoms with van der Waals surface area (Å²) in [6, 6.07) is 14.3. The number of H-pyrrole nitrogens is 1. The van der Waals surface area contributed by atoms with Crippen molar-refractivity contribution in [2.45, 2.75) is 6.92 Å². The second kappa shape index (κ2) is 9.95. The van der Waals surface area contributed by atoms with Gasteiger partial charge in [0.25, 0.3) is 5.91 Å². The van der Waals surface area contributed by atoms with Crippen molar-refractivity contribution < 1.29 is 9.53 Å². The van der Waals surface area contributed by atoms with Crippen LogP contribution in [0.1, 0.15) is 16.1 Å². The van der Waals surface area contributed by atoms with Crippen molar-refractivity contribution in [2.75, 3.05) is 26.3 Å². The molecule has 35 heavy (non-hydrogen) atoms. The van der Waals surface area contributed by atoms with Crippen LogP contribution >= 0.6 is 22.9 Å². The molecule has 0 aliphatic carbocycles. The predicted molar refractivity (Wildman–Crippen MR) is 135 cm³/mol. The van der Waals surface area contributed by atoms with Crippen LogP contribution in [0.4, 0.5) is 11.4 Å². The number of nitrogens with zero attached hydrogens (tertiary/aromatic N) is 5. The van der Waals surface area contributed by atoms with Crippen LogP contribution in [0.5, 0.6) is 0 Å². The number of aromatic amines is 1. The molecule has 11 heteroatoms. The molecule has 0 unspecified atom stereocenters. The van der Waals surface area contributed by atoms with Gasteiger partial charge in [-0.3, -0.25) is 14.7 Å². The van der Waals surface area contributed by atoms with Gasteiger partial charge >= 0.3 is 5.56 Å². The maximum Gasteiger partial charge on any atom is 0.301 e. The number of halogens is 1. The number of benzene rings is 2. The summed E-state index contributed by atoms with van der Waals surface area (Å²) in [5, 5.41) is 14.5. The zero-order valence-corrected chi connectivity index (χ0v) is 20.3. The summed E-state index contributed by atoms with van der Waals surface area (Å²) in [7, 11) is 0. The lowest BCUT2D eigenvalue weighted by Gasteiger charge is -2.27. The number of aromatic nitrogens is 3. The lowest BCUT2D eigenvalue weighted by molar-refractivity contribution is 0.0303. The fraction of sp³-hybridized carbons (Fsp3) is 0.208. The Morgan fingerprint density at radius 3 is 2.63 bits per heavy atom. The number of azo groups is 1. The third kappa shape index (κ3) is 4.81. The smallest absolute Gasteiger partial charge is 0.301 e. The first kappa shape index (κ1) is 23.2. The van der Waals surface area contributed by atoms with Crippen LogP contribution in [0.15, 0.2) is 68.9 Å². The Kier molecular flexibility index (Phi) is 6.58. The van der Waals surface area contributed by atoms with E-state index in [1.165, 1.54) is 16.0 Å². The van der Waals surface area contributed by atoms with Crippen LogP contribution in [-0.4, -0.2) is 51.9 Å². The fourth-order valence-electron chi connectivity index (χ4n) is 3.69. The molecular formula is C24H21ClN6O3S. The molecule has 1 saturated heterocycles. The first-order valence-electron chi connectivity index (χ1n) is 10.9. The Balaban J connectivity index is 1.42. The minimum Gasteiger partial charge on any atom is -0.378 e. The summed E-state index contributed by atoms with van der Waals surface area (Å²) in [6.07, 6.45) is 0. The molecule has 3 heterocycles. The van der Waals surface area contributed by atoms with E-state index in [0.29, 0.717) is 53.4 Å². The van der Waals surface area contributed by atoms with Crippen LogP contribution in [0.25, 0.3) is 16.4 Å². The van der Waals surface area contributed by atoms with E-state index in [0.717, 1.165) is 11.3 Å². The van der Waals surface area contributed by atoms with Crippen LogP contribution in [0.3, 0.4) is 0 Å². The molecule has 0 saturated carbocycles. The Labute approximate surface area is 209 Å². The number of nitrogens with one attached hydrogen (secondary N) is 1. The standard InChI is InChI=1S/C24H21ClN6O3S/c1-15-21(28-27-19-5-3-2-4-18(19)22(32)30-10-12-34-13-11-30)23(33)31(29-15)24-26-20(14-35-24)16-6-8-17(25)9-7-16/h2-9,14,29H,10-13H2,1H3. The summed E-state index contributed by atoms with van der Waals surface area (Å²) in [4.78, 5) is 32.4. The van der Waals surface area contributed by atoms with Gasteiger partial charge in [-0.25, -0.2) is 4.98 Å². The number of thiazole rings is 1. The zero-order chi connectivity index (χ0) is 24.4. The van der Waals surface area contributed by atoms with Crippen molar-refractivity contribution in [3.05, 3.63) is 80.5 Å². The molecule has 5 rings (SSSR count). The number of rotatable bonds is 5. The van der Waals surface area contributed by atoms with Crippen LogP contribution in [0, 0.1) is 6.92 Å². The van der Waals surface area contributed by atoms with Gasteiger partial charge in [-0.1, -0.05) is 35.9 Å². The summed E-state index contributed by atoms with van der Waals surface area (Å²) in [5.41, 5.74) is 2.78. The van der Waals surface area contributed by atoms with Crippen molar-refractivity contribution in [3.63, 3.8) is 0 Å². The topological polar surface area (TPSA) is 105 Å². The number of carbonyl (C=O) groups excluding carboxylic acids is 1. The van der Waals surface area contributed by atoms with E-state index in [2.05, 4.69) is 20.3 Å². The molecule has 0 bridgehead atoms. The number of ether oxygens (including phenoxy) is 1. The molecule has 4 aromatic rings. The highest BCUT2D eigenvalue weighted by atomic mass is 35.5. The maximum absolute atomic E-state index is 13.1. The summed E-state index contributed by atoms with van der Waals surface area (Å²) in [6.45, 7) is 3.81. The van der Waals surface area contributed by atoms with E-state index in [9.17, 15) is 9.59 Å². The summed E-state index contributed by atoms with van der Waals surface area (Å²) < 4.78 is 6.68. The Bertz CT molecular complexity index is 1450. The number of carbonyl (C=O) groups is 1. The molecule has 1 aliphatic rings. The molecule has 1 amide bonds. The minimum atomic E-state index is -0.375. The van der Waals surface area contributed by atoms with Gasteiger partial charge in [0.1, 0.15) is 0 Å².